The minimum absolute atomic E-state index is 0.0575. The first kappa shape index (κ1) is 34.2. The minimum Gasteiger partial charge on any atom is -0.457 e. The van der Waals surface area contributed by atoms with Gasteiger partial charge in [-0.05, 0) is 87.7 Å². The minimum atomic E-state index is -4.18. The van der Waals surface area contributed by atoms with Crippen LogP contribution >= 0.6 is 0 Å². The number of amides is 2. The maximum absolute atomic E-state index is 14.3. The molecular formula is C37H43N3O5S. The first-order valence-electron chi connectivity index (χ1n) is 15.6. The average Bonchev–Trinajstić information content (AvgIpc) is 3.05. The van der Waals surface area contributed by atoms with E-state index in [0.717, 1.165) is 27.4 Å². The van der Waals surface area contributed by atoms with Gasteiger partial charge in [0.05, 0.1) is 10.6 Å². The highest BCUT2D eigenvalue weighted by molar-refractivity contribution is 7.92. The highest BCUT2D eigenvalue weighted by atomic mass is 32.2. The molecule has 4 aromatic carbocycles. The summed E-state index contributed by atoms with van der Waals surface area (Å²) in [5.74, 6) is 0.394. The molecule has 0 aliphatic heterocycles. The standard InChI is InChI=1S/C37H43N3O5S/c1-6-29(5)38-37(42)35(7-2)39(25-30-17-13-27(3)14-18-30)36(41)26-40(46(43,44)34-23-15-28(4)16-24-34)31-19-21-33(22-20-31)45-32-11-9-8-10-12-32/h8-24,29,35H,6-7,25-26H2,1-5H3,(H,38,42)/t29-,35+/m1/s1. The molecule has 0 radical (unpaired) electrons. The Balaban J connectivity index is 1.72. The van der Waals surface area contributed by atoms with E-state index < -0.39 is 28.5 Å². The quantitative estimate of drug-likeness (QED) is 0.160. The van der Waals surface area contributed by atoms with E-state index in [1.165, 1.54) is 17.0 Å². The molecule has 9 heteroatoms. The average molecular weight is 642 g/mol. The lowest BCUT2D eigenvalue weighted by Gasteiger charge is -2.33. The van der Waals surface area contributed by atoms with Crippen LogP contribution in [-0.4, -0.2) is 43.8 Å². The first-order valence-corrected chi connectivity index (χ1v) is 17.0. The molecule has 0 aliphatic carbocycles. The fraction of sp³-hybridized carbons (Fsp3) is 0.297. The van der Waals surface area contributed by atoms with Crippen molar-refractivity contribution in [3.05, 3.63) is 120 Å². The molecule has 242 valence electrons. The van der Waals surface area contributed by atoms with Crippen molar-refractivity contribution in [3.63, 3.8) is 0 Å². The van der Waals surface area contributed by atoms with E-state index in [0.29, 0.717) is 23.6 Å². The van der Waals surface area contributed by atoms with Gasteiger partial charge in [-0.25, -0.2) is 8.42 Å². The van der Waals surface area contributed by atoms with E-state index in [2.05, 4.69) is 5.32 Å². The zero-order valence-corrected chi connectivity index (χ0v) is 28.0. The van der Waals surface area contributed by atoms with Crippen LogP contribution in [0.15, 0.2) is 108 Å². The van der Waals surface area contributed by atoms with E-state index in [9.17, 15) is 18.0 Å². The Labute approximate surface area is 273 Å². The van der Waals surface area contributed by atoms with E-state index in [-0.39, 0.29) is 23.4 Å². The van der Waals surface area contributed by atoms with Crippen LogP contribution in [0, 0.1) is 13.8 Å². The van der Waals surface area contributed by atoms with Crippen LogP contribution in [0.4, 0.5) is 5.69 Å². The third-order valence-corrected chi connectivity index (χ3v) is 9.64. The van der Waals surface area contributed by atoms with Crippen LogP contribution in [-0.2, 0) is 26.2 Å². The number of ether oxygens (including phenoxy) is 1. The van der Waals surface area contributed by atoms with Crippen LogP contribution in [0.5, 0.6) is 11.5 Å². The van der Waals surface area contributed by atoms with E-state index in [1.807, 2.05) is 89.2 Å². The molecule has 0 bridgehead atoms. The van der Waals surface area contributed by atoms with Crippen molar-refractivity contribution in [2.24, 2.45) is 0 Å². The van der Waals surface area contributed by atoms with Gasteiger partial charge in [0.15, 0.2) is 0 Å². The predicted octanol–water partition coefficient (Wildman–Crippen LogP) is 7.01. The molecule has 8 nitrogen and oxygen atoms in total. The monoisotopic (exact) mass is 641 g/mol. The van der Waals surface area contributed by atoms with Gasteiger partial charge in [0.25, 0.3) is 10.0 Å². The Morgan fingerprint density at radius 1 is 0.761 bits per heavy atom. The van der Waals surface area contributed by atoms with Gasteiger partial charge in [0, 0.05) is 12.6 Å². The number of rotatable bonds is 14. The predicted molar refractivity (Wildman–Crippen MR) is 182 cm³/mol. The molecule has 0 aliphatic rings. The molecule has 46 heavy (non-hydrogen) atoms. The van der Waals surface area contributed by atoms with Gasteiger partial charge in [-0.3, -0.25) is 13.9 Å². The number of hydrogen-bond acceptors (Lipinski definition) is 5. The maximum atomic E-state index is 14.3. The second kappa shape index (κ2) is 15.6. The summed E-state index contributed by atoms with van der Waals surface area (Å²) in [5, 5.41) is 3.00. The van der Waals surface area contributed by atoms with Crippen LogP contribution in [0.25, 0.3) is 0 Å². The molecule has 0 unspecified atom stereocenters. The van der Waals surface area contributed by atoms with Gasteiger partial charge in [-0.2, -0.15) is 0 Å². The molecule has 2 amide bonds. The zero-order valence-electron chi connectivity index (χ0n) is 27.1. The summed E-state index contributed by atoms with van der Waals surface area (Å²) in [7, 11) is -4.18. The lowest BCUT2D eigenvalue weighted by molar-refractivity contribution is -0.140. The van der Waals surface area contributed by atoms with Crippen molar-refractivity contribution >= 4 is 27.5 Å². The van der Waals surface area contributed by atoms with Gasteiger partial charge >= 0.3 is 0 Å². The molecule has 0 saturated heterocycles. The summed E-state index contributed by atoms with van der Waals surface area (Å²) in [4.78, 5) is 29.3. The zero-order chi connectivity index (χ0) is 33.3. The number of sulfonamides is 1. The summed E-state index contributed by atoms with van der Waals surface area (Å²) < 4.78 is 35.4. The molecule has 0 aromatic heterocycles. The summed E-state index contributed by atoms with van der Waals surface area (Å²) in [6.45, 7) is 9.24. The van der Waals surface area contributed by atoms with Gasteiger partial charge < -0.3 is 15.0 Å². The lowest BCUT2D eigenvalue weighted by atomic mass is 10.1. The number of nitrogens with zero attached hydrogens (tertiary/aromatic N) is 2. The molecule has 0 heterocycles. The molecule has 4 rings (SSSR count). The number of para-hydroxylation sites is 1. The number of carbonyl (C=O) groups excluding carboxylic acids is 2. The maximum Gasteiger partial charge on any atom is 0.264 e. The number of nitrogens with one attached hydrogen (secondary N) is 1. The second-order valence-electron chi connectivity index (χ2n) is 11.5. The Morgan fingerprint density at radius 3 is 1.89 bits per heavy atom. The molecule has 0 spiro atoms. The Morgan fingerprint density at radius 2 is 1.33 bits per heavy atom. The molecule has 1 N–H and O–H groups in total. The number of hydrogen-bond donors (Lipinski definition) is 1. The molecular weight excluding hydrogens is 598 g/mol. The SMILES string of the molecule is CC[C@@H](C)NC(=O)[C@H](CC)N(Cc1ccc(C)cc1)C(=O)CN(c1ccc(Oc2ccccc2)cc1)S(=O)(=O)c1ccc(C)cc1. The first-order chi connectivity index (χ1) is 22.0. The van der Waals surface area contributed by atoms with Crippen LogP contribution in [0.2, 0.25) is 0 Å². The number of aryl methyl sites for hydroxylation is 2. The van der Waals surface area contributed by atoms with Crippen molar-refractivity contribution in [1.82, 2.24) is 10.2 Å². The van der Waals surface area contributed by atoms with Crippen molar-refractivity contribution in [1.29, 1.82) is 0 Å². The van der Waals surface area contributed by atoms with Crippen molar-refractivity contribution in [3.8, 4) is 11.5 Å². The fourth-order valence-corrected chi connectivity index (χ4v) is 6.34. The number of carbonyl (C=O) groups is 2. The van der Waals surface area contributed by atoms with Gasteiger partial charge in [-0.15, -0.1) is 0 Å². The van der Waals surface area contributed by atoms with E-state index in [1.54, 1.807) is 36.4 Å². The fourth-order valence-electron chi connectivity index (χ4n) is 4.92. The summed E-state index contributed by atoms with van der Waals surface area (Å²) in [6.07, 6.45) is 1.09. The molecule has 0 saturated carbocycles. The summed E-state index contributed by atoms with van der Waals surface area (Å²) in [6, 6.07) is 29.2. The van der Waals surface area contributed by atoms with Gasteiger partial charge in [0.1, 0.15) is 24.1 Å². The molecule has 4 aromatic rings. The smallest absolute Gasteiger partial charge is 0.264 e. The summed E-state index contributed by atoms with van der Waals surface area (Å²) >= 11 is 0. The van der Waals surface area contributed by atoms with Gasteiger partial charge in [0.2, 0.25) is 11.8 Å². The molecule has 0 fully saturated rings. The van der Waals surface area contributed by atoms with Crippen molar-refractivity contribution in [2.75, 3.05) is 10.8 Å². The molecule has 2 atom stereocenters. The number of benzene rings is 4. The van der Waals surface area contributed by atoms with Crippen LogP contribution in [0.1, 0.15) is 50.3 Å². The van der Waals surface area contributed by atoms with Crippen molar-refractivity contribution in [2.45, 2.75) is 71.0 Å². The largest absolute Gasteiger partial charge is 0.457 e. The Hall–Kier alpha value is -4.63. The lowest BCUT2D eigenvalue weighted by Crippen LogP contribution is -2.53. The normalized spacial score (nSPS) is 12.5. The topological polar surface area (TPSA) is 96.0 Å². The highest BCUT2D eigenvalue weighted by Gasteiger charge is 2.34. The highest BCUT2D eigenvalue weighted by Crippen LogP contribution is 2.29. The van der Waals surface area contributed by atoms with Gasteiger partial charge in [-0.1, -0.05) is 79.6 Å². The summed E-state index contributed by atoms with van der Waals surface area (Å²) in [5.41, 5.74) is 3.11. The van der Waals surface area contributed by atoms with Crippen LogP contribution < -0.4 is 14.4 Å². The third-order valence-electron chi connectivity index (χ3n) is 7.85. The van der Waals surface area contributed by atoms with E-state index in [4.69, 9.17) is 4.74 Å². The van der Waals surface area contributed by atoms with E-state index >= 15 is 0 Å². The Kier molecular flexibility index (Phi) is 11.6. The van der Waals surface area contributed by atoms with Crippen LogP contribution in [0.3, 0.4) is 0 Å². The number of anilines is 1. The van der Waals surface area contributed by atoms with Crippen molar-refractivity contribution < 1.29 is 22.7 Å². The third kappa shape index (κ3) is 8.75. The second-order valence-corrected chi connectivity index (χ2v) is 13.3. The Bertz CT molecular complexity index is 1690.